The molecule has 0 atom stereocenters. The molecule has 2 aromatic carbocycles. The third-order valence-electron chi connectivity index (χ3n) is 5.16. The molecule has 0 saturated heterocycles. The van der Waals surface area contributed by atoms with Gasteiger partial charge in [-0.15, -0.1) is 0 Å². The second-order valence-electron chi connectivity index (χ2n) is 7.36. The van der Waals surface area contributed by atoms with Gasteiger partial charge < -0.3 is 10.2 Å². The van der Waals surface area contributed by atoms with E-state index in [1.54, 1.807) is 13.0 Å². The Kier molecular flexibility index (Phi) is 7.19. The Labute approximate surface area is 176 Å². The summed E-state index contributed by atoms with van der Waals surface area (Å²) in [4.78, 5) is 12.5. The highest BCUT2D eigenvalue weighted by Gasteiger charge is 2.29. The lowest BCUT2D eigenvalue weighted by Crippen LogP contribution is -2.29. The van der Waals surface area contributed by atoms with Gasteiger partial charge in [0, 0.05) is 13.2 Å². The zero-order valence-corrected chi connectivity index (χ0v) is 17.4. The first-order chi connectivity index (χ1) is 14.5. The summed E-state index contributed by atoms with van der Waals surface area (Å²) in [5, 5.41) is 29.3. The van der Waals surface area contributed by atoms with Crippen LogP contribution in [0, 0.1) is 6.92 Å². The van der Waals surface area contributed by atoms with E-state index in [9.17, 15) is 9.90 Å². The van der Waals surface area contributed by atoms with E-state index in [1.165, 1.54) is 16.1 Å². The first-order valence-electron chi connectivity index (χ1n) is 10.2. The SMILES string of the molecule is CC1=NN(CCCCO)C(=O)C1=NNc1cccc(CCc2ccccc2C)c1O. The molecule has 0 bridgehead atoms. The van der Waals surface area contributed by atoms with Crippen LogP contribution in [0.5, 0.6) is 5.75 Å². The van der Waals surface area contributed by atoms with Gasteiger partial charge in [0.15, 0.2) is 5.71 Å². The van der Waals surface area contributed by atoms with Gasteiger partial charge in [-0.3, -0.25) is 10.2 Å². The van der Waals surface area contributed by atoms with Crippen LogP contribution in [0.15, 0.2) is 52.7 Å². The van der Waals surface area contributed by atoms with Crippen molar-refractivity contribution in [2.45, 2.75) is 39.5 Å². The molecule has 3 N–H and O–H groups in total. The summed E-state index contributed by atoms with van der Waals surface area (Å²) in [6, 6.07) is 13.7. The summed E-state index contributed by atoms with van der Waals surface area (Å²) < 4.78 is 0. The van der Waals surface area contributed by atoms with Crippen molar-refractivity contribution in [2.24, 2.45) is 10.2 Å². The number of nitrogens with zero attached hydrogens (tertiary/aromatic N) is 3. The summed E-state index contributed by atoms with van der Waals surface area (Å²) in [6.07, 6.45) is 2.81. The summed E-state index contributed by atoms with van der Waals surface area (Å²) in [7, 11) is 0. The molecule has 0 spiro atoms. The second kappa shape index (κ2) is 10.0. The van der Waals surface area contributed by atoms with Crippen molar-refractivity contribution >= 4 is 23.0 Å². The number of carbonyl (C=O) groups excluding carboxylic acids is 1. The van der Waals surface area contributed by atoms with Crippen LogP contribution < -0.4 is 5.43 Å². The average Bonchev–Trinajstić information content (AvgIpc) is 3.00. The van der Waals surface area contributed by atoms with Crippen LogP contribution >= 0.6 is 0 Å². The Morgan fingerprint density at radius 2 is 1.77 bits per heavy atom. The molecular weight excluding hydrogens is 380 g/mol. The largest absolute Gasteiger partial charge is 0.505 e. The highest BCUT2D eigenvalue weighted by Crippen LogP contribution is 2.29. The first-order valence-corrected chi connectivity index (χ1v) is 10.2. The molecule has 0 aliphatic carbocycles. The number of nitrogens with one attached hydrogen (secondary N) is 1. The number of aliphatic hydroxyl groups excluding tert-OH is 1. The zero-order valence-electron chi connectivity index (χ0n) is 17.4. The lowest BCUT2D eigenvalue weighted by molar-refractivity contribution is -0.123. The molecule has 1 heterocycles. The summed E-state index contributed by atoms with van der Waals surface area (Å²) in [6.45, 7) is 4.34. The normalized spacial score (nSPS) is 15.0. The Hall–Kier alpha value is -3.19. The van der Waals surface area contributed by atoms with Gasteiger partial charge in [0.05, 0.1) is 11.4 Å². The third-order valence-corrected chi connectivity index (χ3v) is 5.16. The molecule has 2 aromatic rings. The van der Waals surface area contributed by atoms with Crippen LogP contribution in [0.3, 0.4) is 0 Å². The van der Waals surface area contributed by atoms with E-state index >= 15 is 0 Å². The molecule has 1 aliphatic heterocycles. The lowest BCUT2D eigenvalue weighted by atomic mass is 10.00. The summed E-state index contributed by atoms with van der Waals surface area (Å²) in [5.74, 6) is -0.150. The van der Waals surface area contributed by atoms with Crippen molar-refractivity contribution < 1.29 is 15.0 Å². The number of amides is 1. The van der Waals surface area contributed by atoms with Gasteiger partial charge in [-0.25, -0.2) is 5.01 Å². The van der Waals surface area contributed by atoms with Gasteiger partial charge >= 0.3 is 0 Å². The summed E-state index contributed by atoms with van der Waals surface area (Å²) >= 11 is 0. The lowest BCUT2D eigenvalue weighted by Gasteiger charge is -2.11. The number of unbranched alkanes of at least 4 members (excludes halogenated alkanes) is 1. The number of carbonyl (C=O) groups is 1. The van der Waals surface area contributed by atoms with Crippen molar-refractivity contribution in [2.75, 3.05) is 18.6 Å². The summed E-state index contributed by atoms with van der Waals surface area (Å²) in [5.41, 5.74) is 7.32. The highest BCUT2D eigenvalue weighted by atomic mass is 16.3. The third kappa shape index (κ3) is 5.04. The smallest absolute Gasteiger partial charge is 0.296 e. The van der Waals surface area contributed by atoms with Crippen molar-refractivity contribution in [3.05, 3.63) is 59.2 Å². The highest BCUT2D eigenvalue weighted by molar-refractivity contribution is 6.68. The number of phenolic OH excluding ortho intramolecular Hbond substituents is 1. The van der Waals surface area contributed by atoms with Gasteiger partial charge in [-0.05, 0) is 62.3 Å². The zero-order chi connectivity index (χ0) is 21.5. The number of rotatable bonds is 9. The van der Waals surface area contributed by atoms with E-state index in [1.807, 2.05) is 24.3 Å². The molecule has 7 nitrogen and oxygen atoms in total. The topological polar surface area (TPSA) is 97.5 Å². The Morgan fingerprint density at radius 1 is 1.03 bits per heavy atom. The predicted octanol–water partition coefficient (Wildman–Crippen LogP) is 3.24. The van der Waals surface area contributed by atoms with Crippen molar-refractivity contribution in [3.8, 4) is 5.75 Å². The van der Waals surface area contributed by atoms with Gasteiger partial charge in [0.25, 0.3) is 5.91 Å². The number of aliphatic hydroxyl groups is 1. The molecule has 0 fully saturated rings. The maximum absolute atomic E-state index is 12.5. The fourth-order valence-corrected chi connectivity index (χ4v) is 3.36. The quantitative estimate of drug-likeness (QED) is 0.337. The number of hydrogen-bond donors (Lipinski definition) is 3. The maximum Gasteiger partial charge on any atom is 0.296 e. The molecule has 30 heavy (non-hydrogen) atoms. The van der Waals surface area contributed by atoms with Crippen molar-refractivity contribution in [1.82, 2.24) is 5.01 Å². The van der Waals surface area contributed by atoms with Crippen LogP contribution in [0.1, 0.15) is 36.5 Å². The monoisotopic (exact) mass is 408 g/mol. The Balaban J connectivity index is 1.67. The minimum atomic E-state index is -0.284. The number of aromatic hydroxyl groups is 1. The number of aryl methyl sites for hydroxylation is 3. The number of anilines is 1. The van der Waals surface area contributed by atoms with Gasteiger partial charge in [0.1, 0.15) is 5.75 Å². The maximum atomic E-state index is 12.5. The molecular formula is C23H28N4O3. The number of phenols is 1. The van der Waals surface area contributed by atoms with Gasteiger partial charge in [0.2, 0.25) is 0 Å². The Bertz CT molecular complexity index is 969. The average molecular weight is 409 g/mol. The molecule has 7 heteroatoms. The molecule has 3 rings (SSSR count). The van der Waals surface area contributed by atoms with E-state index < -0.39 is 0 Å². The van der Waals surface area contributed by atoms with Crippen LogP contribution in [0.25, 0.3) is 0 Å². The molecule has 1 aliphatic rings. The molecule has 0 saturated carbocycles. The number of hydrazone groups is 2. The molecule has 0 unspecified atom stereocenters. The molecule has 1 amide bonds. The molecule has 158 valence electrons. The number of benzene rings is 2. The van der Waals surface area contributed by atoms with Crippen LogP contribution in [-0.2, 0) is 17.6 Å². The molecule has 0 radical (unpaired) electrons. The second-order valence-corrected chi connectivity index (χ2v) is 7.36. The van der Waals surface area contributed by atoms with Crippen LogP contribution in [0.2, 0.25) is 0 Å². The van der Waals surface area contributed by atoms with E-state index in [0.29, 0.717) is 37.2 Å². The fraction of sp³-hybridized carbons (Fsp3) is 0.348. The number of hydrogen-bond acceptors (Lipinski definition) is 6. The van der Waals surface area contributed by atoms with Gasteiger partial charge in [-0.1, -0.05) is 36.4 Å². The molecule has 0 aromatic heterocycles. The van der Waals surface area contributed by atoms with E-state index in [4.69, 9.17) is 5.11 Å². The fourth-order valence-electron chi connectivity index (χ4n) is 3.36. The Morgan fingerprint density at radius 3 is 2.53 bits per heavy atom. The van der Waals surface area contributed by atoms with E-state index in [2.05, 4.69) is 34.7 Å². The van der Waals surface area contributed by atoms with Crippen molar-refractivity contribution in [1.29, 1.82) is 0 Å². The predicted molar refractivity (Wildman–Crippen MR) is 119 cm³/mol. The first kappa shape index (κ1) is 21.5. The van der Waals surface area contributed by atoms with Crippen molar-refractivity contribution in [3.63, 3.8) is 0 Å². The van der Waals surface area contributed by atoms with Crippen LogP contribution in [0.4, 0.5) is 5.69 Å². The minimum absolute atomic E-state index is 0.0900. The van der Waals surface area contributed by atoms with Gasteiger partial charge in [-0.2, -0.15) is 10.2 Å². The number of para-hydroxylation sites is 1. The van der Waals surface area contributed by atoms with E-state index in [0.717, 1.165) is 12.0 Å². The standard InChI is InChI=1S/C23H28N4O3/c1-16-8-3-4-9-18(16)12-13-19-10-7-11-20(22(19)29)24-25-21-17(2)26-27(23(21)30)14-5-6-15-28/h3-4,7-11,24,28-29H,5-6,12-15H2,1-2H3. The minimum Gasteiger partial charge on any atom is -0.505 e. The van der Waals surface area contributed by atoms with Crippen LogP contribution in [-0.4, -0.2) is 45.7 Å². The van der Waals surface area contributed by atoms with E-state index in [-0.39, 0.29) is 24.0 Å².